The average Bonchev–Trinajstić information content (AvgIpc) is 3.39. The molecule has 0 saturated carbocycles. The number of ether oxygens (including phenoxy) is 4. The maximum absolute atomic E-state index is 13.2. The van der Waals surface area contributed by atoms with E-state index in [1.165, 1.54) is 22.0 Å². The molecule has 6 aromatic rings. The molecule has 2 unspecified atom stereocenters. The number of benzene rings is 6. The largest absolute Gasteiger partial charge is 0.509 e. The zero-order valence-corrected chi connectivity index (χ0v) is 46.3. The van der Waals surface area contributed by atoms with Crippen LogP contribution < -0.4 is 10.5 Å². The van der Waals surface area contributed by atoms with Crippen molar-refractivity contribution in [3.05, 3.63) is 221 Å². The second-order valence-corrected chi connectivity index (χ2v) is 24.3. The lowest BCUT2D eigenvalue weighted by atomic mass is 10.2. The van der Waals surface area contributed by atoms with E-state index < -0.39 is 40.9 Å². The van der Waals surface area contributed by atoms with Crippen molar-refractivity contribution >= 4 is 45.9 Å². The molecule has 6 aromatic carbocycles. The second kappa shape index (κ2) is 30.5. The molecule has 2 heterocycles. The third kappa shape index (κ3) is 23.2. The predicted molar refractivity (Wildman–Crippen MR) is 295 cm³/mol. The van der Waals surface area contributed by atoms with E-state index in [1.807, 2.05) is 142 Å². The second-order valence-electron chi connectivity index (χ2n) is 18.0. The van der Waals surface area contributed by atoms with Gasteiger partial charge in [-0.1, -0.05) is 162 Å². The molecule has 0 spiro atoms. The number of hydrogen-bond donors (Lipinski definition) is 2. The standard InChI is InChI=1S/C19H21NO3S.C14H15NO2S.C10H16O4.C7H7ClO2S.C7H9N/c1-16-9-11-19(12-10-16)24(21,22)20(18-8-5-13-23-15-18)14-17-6-3-2-4-7-17;1-12-7-9-14(10-8-12)18(16,17)15-11-13-5-3-2-4-6-13;1-10(2,3)14-9(11)13-8-5-4-6-12-7-8;1-6-2-4-7(5-3-6)11(8,9)10;8-6-7-4-2-1-3-5-7/h2-12,18H,13-15H2,1H3;2-10,15H,11H2,1H3;4-5,8H,6-7H2,1-3H3;2-5H,1H3;1-5H,6,8H2. The van der Waals surface area contributed by atoms with Gasteiger partial charge in [0.1, 0.15) is 11.7 Å². The van der Waals surface area contributed by atoms with Gasteiger partial charge in [-0.2, -0.15) is 4.31 Å². The van der Waals surface area contributed by atoms with Crippen molar-refractivity contribution in [2.75, 3.05) is 26.4 Å². The summed E-state index contributed by atoms with van der Waals surface area (Å²) >= 11 is 0. The average molecular weight is 1100 g/mol. The number of rotatable bonds is 12. The molecule has 18 heteroatoms. The summed E-state index contributed by atoms with van der Waals surface area (Å²) in [5.41, 5.74) is 11.0. The highest BCUT2D eigenvalue weighted by atomic mass is 35.7. The lowest BCUT2D eigenvalue weighted by molar-refractivity contribution is -0.0366. The fourth-order valence-electron chi connectivity index (χ4n) is 6.57. The number of carbonyl (C=O) groups is 1. The normalized spacial score (nSPS) is 15.2. The summed E-state index contributed by atoms with van der Waals surface area (Å²) < 4.78 is 96.4. The van der Waals surface area contributed by atoms with E-state index in [0.29, 0.717) is 55.9 Å². The van der Waals surface area contributed by atoms with Crippen LogP contribution in [0.3, 0.4) is 0 Å². The number of carbonyl (C=O) groups excluding carboxylic acids is 1. The Bertz CT molecular complexity index is 3030. The summed E-state index contributed by atoms with van der Waals surface area (Å²) in [4.78, 5) is 11.9. The highest BCUT2D eigenvalue weighted by Gasteiger charge is 2.31. The summed E-state index contributed by atoms with van der Waals surface area (Å²) in [5, 5.41) is 0. The van der Waals surface area contributed by atoms with Crippen LogP contribution in [0.4, 0.5) is 4.79 Å². The van der Waals surface area contributed by atoms with Gasteiger partial charge in [-0.25, -0.2) is 34.8 Å². The first-order chi connectivity index (χ1) is 35.6. The molecule has 0 radical (unpaired) electrons. The van der Waals surface area contributed by atoms with Crippen LogP contribution in [0.1, 0.15) is 54.2 Å². The Balaban J connectivity index is 0.000000213. The van der Waals surface area contributed by atoms with Crippen LogP contribution in [0.2, 0.25) is 0 Å². The SMILES string of the molecule is CC(C)(C)OC(=O)OC1C=CCOC1.Cc1ccc(S(=O)(=O)Cl)cc1.Cc1ccc(S(=O)(=O)N(Cc2ccccc2)C2C=CCOC2)cc1.Cc1ccc(S(=O)(=O)NCc2ccccc2)cc1.NCc1ccccc1. The van der Waals surface area contributed by atoms with Crippen LogP contribution in [0.15, 0.2) is 203 Å². The number of hydrogen-bond acceptors (Lipinski definition) is 12. The van der Waals surface area contributed by atoms with E-state index in [2.05, 4.69) is 4.72 Å². The fraction of sp³-hybridized carbons (Fsp3) is 0.281. The first kappa shape index (κ1) is 61.6. The summed E-state index contributed by atoms with van der Waals surface area (Å²) in [5.74, 6) is 0. The first-order valence-corrected chi connectivity index (χ1v) is 29.2. The number of aryl methyl sites for hydroxylation is 3. The highest BCUT2D eigenvalue weighted by Crippen LogP contribution is 2.24. The van der Waals surface area contributed by atoms with Crippen LogP contribution in [0.5, 0.6) is 0 Å². The molecule has 402 valence electrons. The number of nitrogens with two attached hydrogens (primary N) is 1. The van der Waals surface area contributed by atoms with Crippen LogP contribution in [0, 0.1) is 20.8 Å². The van der Waals surface area contributed by atoms with Crippen molar-refractivity contribution < 1.29 is 49.0 Å². The summed E-state index contributed by atoms with van der Waals surface area (Å²) in [6, 6.07) is 48.9. The zero-order valence-electron chi connectivity index (χ0n) is 43.1. The van der Waals surface area contributed by atoms with E-state index in [1.54, 1.807) is 75.4 Å². The molecule has 2 atom stereocenters. The Labute approximate surface area is 448 Å². The Morgan fingerprint density at radius 2 is 1.05 bits per heavy atom. The zero-order chi connectivity index (χ0) is 54.9. The Hall–Kier alpha value is -5.99. The van der Waals surface area contributed by atoms with Gasteiger partial charge in [-0.05, 0) is 101 Å². The number of sulfonamides is 2. The molecule has 0 saturated heterocycles. The van der Waals surface area contributed by atoms with Crippen LogP contribution in [0.25, 0.3) is 0 Å². The Kier molecular flexibility index (Phi) is 25.1. The summed E-state index contributed by atoms with van der Waals surface area (Å²) in [6.45, 7) is 14.3. The Morgan fingerprint density at radius 3 is 1.47 bits per heavy atom. The topological polar surface area (TPSA) is 198 Å². The van der Waals surface area contributed by atoms with Gasteiger partial charge >= 0.3 is 6.16 Å². The van der Waals surface area contributed by atoms with Crippen molar-refractivity contribution in [2.45, 2.75) is 93.6 Å². The number of halogens is 1. The molecule has 2 aliphatic rings. The van der Waals surface area contributed by atoms with E-state index in [4.69, 9.17) is 35.4 Å². The van der Waals surface area contributed by atoms with Gasteiger partial charge in [0.05, 0.1) is 47.2 Å². The van der Waals surface area contributed by atoms with Crippen molar-refractivity contribution in [1.82, 2.24) is 9.03 Å². The summed E-state index contributed by atoms with van der Waals surface area (Å²) in [7, 11) is -5.50. The smallest absolute Gasteiger partial charge is 0.429 e. The molecular formula is C57H68ClN3O11S3. The summed E-state index contributed by atoms with van der Waals surface area (Å²) in [6.07, 6.45) is 6.43. The molecule has 0 bridgehead atoms. The molecule has 2 aliphatic heterocycles. The van der Waals surface area contributed by atoms with Gasteiger partial charge in [0, 0.05) is 30.3 Å². The molecule has 8 rings (SSSR count). The van der Waals surface area contributed by atoms with Crippen LogP contribution in [-0.2, 0) is 67.7 Å². The fourth-order valence-corrected chi connectivity index (χ4v) is 9.91. The number of nitrogens with one attached hydrogen (secondary N) is 1. The third-order valence-corrected chi connectivity index (χ3v) is 15.2. The van der Waals surface area contributed by atoms with Crippen molar-refractivity contribution in [2.24, 2.45) is 5.73 Å². The third-order valence-electron chi connectivity index (χ3n) is 10.5. The molecule has 0 aliphatic carbocycles. The maximum atomic E-state index is 13.2. The molecule has 75 heavy (non-hydrogen) atoms. The lowest BCUT2D eigenvalue weighted by Gasteiger charge is -2.30. The molecule has 0 amide bonds. The van der Waals surface area contributed by atoms with Crippen LogP contribution in [-0.4, -0.2) is 79.9 Å². The highest BCUT2D eigenvalue weighted by molar-refractivity contribution is 8.13. The molecule has 0 fully saturated rings. The number of nitrogens with zero attached hydrogens (tertiary/aromatic N) is 1. The van der Waals surface area contributed by atoms with Crippen molar-refractivity contribution in [3.8, 4) is 0 Å². The molecule has 14 nitrogen and oxygen atoms in total. The monoisotopic (exact) mass is 1100 g/mol. The van der Waals surface area contributed by atoms with Gasteiger partial charge in [0.15, 0.2) is 0 Å². The quantitative estimate of drug-likeness (QED) is 0.0669. The first-order valence-electron chi connectivity index (χ1n) is 23.9. The minimum absolute atomic E-state index is 0.143. The van der Waals surface area contributed by atoms with E-state index in [0.717, 1.165) is 27.8 Å². The van der Waals surface area contributed by atoms with Gasteiger partial charge in [0.2, 0.25) is 20.0 Å². The molecule has 3 N–H and O–H groups in total. The minimum Gasteiger partial charge on any atom is -0.429 e. The van der Waals surface area contributed by atoms with Crippen molar-refractivity contribution in [3.63, 3.8) is 0 Å². The molecular weight excluding hydrogens is 1030 g/mol. The predicted octanol–water partition coefficient (Wildman–Crippen LogP) is 10.6. The van der Waals surface area contributed by atoms with Gasteiger partial charge in [-0.3, -0.25) is 0 Å². The Morgan fingerprint density at radius 1 is 0.613 bits per heavy atom. The van der Waals surface area contributed by atoms with E-state index in [9.17, 15) is 30.0 Å². The van der Waals surface area contributed by atoms with E-state index >= 15 is 0 Å². The van der Waals surface area contributed by atoms with E-state index in [-0.39, 0.29) is 17.0 Å². The van der Waals surface area contributed by atoms with Crippen LogP contribution >= 0.6 is 10.7 Å². The maximum Gasteiger partial charge on any atom is 0.509 e. The van der Waals surface area contributed by atoms with Gasteiger partial charge in [-0.15, -0.1) is 0 Å². The minimum atomic E-state index is -3.61. The van der Waals surface area contributed by atoms with Crippen molar-refractivity contribution in [1.29, 1.82) is 0 Å². The lowest BCUT2D eigenvalue weighted by Crippen LogP contribution is -2.42. The van der Waals surface area contributed by atoms with Gasteiger partial charge < -0.3 is 24.7 Å². The van der Waals surface area contributed by atoms with Gasteiger partial charge in [0.25, 0.3) is 9.05 Å². The molecule has 0 aromatic heterocycles.